The third-order valence-corrected chi connectivity index (χ3v) is 3.98. The van der Waals surface area contributed by atoms with E-state index in [1.165, 1.54) is 15.3 Å². The highest BCUT2D eigenvalue weighted by atomic mass is 32.1. The van der Waals surface area contributed by atoms with Crippen LogP contribution in [0.5, 0.6) is 5.75 Å². The van der Waals surface area contributed by atoms with Gasteiger partial charge in [-0.15, -0.1) is 11.3 Å². The molecule has 2 rings (SSSR count). The number of aryl methyl sites for hydroxylation is 2. The van der Waals surface area contributed by atoms with Gasteiger partial charge >= 0.3 is 0 Å². The second-order valence-corrected chi connectivity index (χ2v) is 5.53. The summed E-state index contributed by atoms with van der Waals surface area (Å²) in [4.78, 5) is 2.72. The van der Waals surface area contributed by atoms with Crippen LogP contribution in [0.25, 0.3) is 0 Å². The van der Waals surface area contributed by atoms with Gasteiger partial charge in [-0.1, -0.05) is 18.2 Å². The smallest absolute Gasteiger partial charge is 0.120 e. The van der Waals surface area contributed by atoms with E-state index in [0.717, 1.165) is 12.1 Å². The van der Waals surface area contributed by atoms with Gasteiger partial charge < -0.3 is 10.4 Å². The third kappa shape index (κ3) is 3.08. The maximum atomic E-state index is 9.62. The van der Waals surface area contributed by atoms with Gasteiger partial charge in [0.1, 0.15) is 5.75 Å². The van der Waals surface area contributed by atoms with Crippen LogP contribution in [0.15, 0.2) is 30.3 Å². The number of hydrogen-bond donors (Lipinski definition) is 2. The summed E-state index contributed by atoms with van der Waals surface area (Å²) in [5.41, 5.74) is 2.30. The fourth-order valence-corrected chi connectivity index (χ4v) is 2.74. The van der Waals surface area contributed by atoms with Gasteiger partial charge in [-0.25, -0.2) is 0 Å². The molecule has 0 fully saturated rings. The summed E-state index contributed by atoms with van der Waals surface area (Å²) in [5, 5.41) is 13.0. The SMILES string of the molecule is Cc1cc(CNCc2ccccc2O)sc1C. The minimum absolute atomic E-state index is 0.360. The van der Waals surface area contributed by atoms with E-state index in [2.05, 4.69) is 25.2 Å². The monoisotopic (exact) mass is 247 g/mol. The molecule has 0 spiro atoms. The van der Waals surface area contributed by atoms with Crippen LogP contribution in [0.3, 0.4) is 0 Å². The van der Waals surface area contributed by atoms with Crippen LogP contribution in [-0.4, -0.2) is 5.11 Å². The molecule has 17 heavy (non-hydrogen) atoms. The molecular weight excluding hydrogens is 230 g/mol. The van der Waals surface area contributed by atoms with Gasteiger partial charge in [0.15, 0.2) is 0 Å². The summed E-state index contributed by atoms with van der Waals surface area (Å²) in [6.45, 7) is 5.83. The first-order valence-corrected chi connectivity index (χ1v) is 6.52. The highest BCUT2D eigenvalue weighted by Gasteiger charge is 2.02. The molecule has 0 saturated carbocycles. The fourth-order valence-electron chi connectivity index (χ4n) is 1.72. The molecular formula is C14H17NOS. The second kappa shape index (κ2) is 5.34. The van der Waals surface area contributed by atoms with Crippen molar-refractivity contribution in [3.8, 4) is 5.75 Å². The Hall–Kier alpha value is -1.32. The molecule has 1 heterocycles. The van der Waals surface area contributed by atoms with E-state index in [0.29, 0.717) is 12.3 Å². The van der Waals surface area contributed by atoms with Crippen molar-refractivity contribution in [1.29, 1.82) is 0 Å². The second-order valence-electron chi connectivity index (χ2n) is 4.18. The zero-order valence-electron chi connectivity index (χ0n) is 10.2. The van der Waals surface area contributed by atoms with Crippen molar-refractivity contribution in [2.75, 3.05) is 0 Å². The van der Waals surface area contributed by atoms with Crippen molar-refractivity contribution in [3.05, 3.63) is 51.2 Å². The molecule has 0 bridgehead atoms. The van der Waals surface area contributed by atoms with E-state index in [1.807, 2.05) is 29.5 Å². The average Bonchev–Trinajstić information content (AvgIpc) is 2.61. The van der Waals surface area contributed by atoms with Gasteiger partial charge in [-0.05, 0) is 31.5 Å². The predicted molar refractivity (Wildman–Crippen MR) is 72.4 cm³/mol. The molecule has 1 aromatic carbocycles. The normalized spacial score (nSPS) is 10.7. The summed E-state index contributed by atoms with van der Waals surface area (Å²) < 4.78 is 0. The van der Waals surface area contributed by atoms with Crippen LogP contribution in [-0.2, 0) is 13.1 Å². The first kappa shape index (κ1) is 12.1. The van der Waals surface area contributed by atoms with Crippen molar-refractivity contribution in [2.45, 2.75) is 26.9 Å². The quantitative estimate of drug-likeness (QED) is 0.868. The Kier molecular flexibility index (Phi) is 3.82. The van der Waals surface area contributed by atoms with Gasteiger partial charge in [0.2, 0.25) is 0 Å². The van der Waals surface area contributed by atoms with Gasteiger partial charge in [0.05, 0.1) is 0 Å². The average molecular weight is 247 g/mol. The van der Waals surface area contributed by atoms with Crippen LogP contribution in [0, 0.1) is 13.8 Å². The Morgan fingerprint density at radius 3 is 2.59 bits per heavy atom. The first-order valence-electron chi connectivity index (χ1n) is 5.70. The Bertz CT molecular complexity index is 485. The van der Waals surface area contributed by atoms with Gasteiger partial charge in [-0.3, -0.25) is 0 Å². The number of rotatable bonds is 4. The Morgan fingerprint density at radius 2 is 1.94 bits per heavy atom. The van der Waals surface area contributed by atoms with E-state index >= 15 is 0 Å². The molecule has 2 nitrogen and oxygen atoms in total. The maximum Gasteiger partial charge on any atom is 0.120 e. The van der Waals surface area contributed by atoms with Crippen molar-refractivity contribution < 1.29 is 5.11 Å². The number of thiophene rings is 1. The number of benzene rings is 1. The lowest BCUT2D eigenvalue weighted by Gasteiger charge is -2.05. The molecule has 1 aromatic heterocycles. The molecule has 0 aliphatic rings. The van der Waals surface area contributed by atoms with E-state index in [9.17, 15) is 5.11 Å². The lowest BCUT2D eigenvalue weighted by molar-refractivity contribution is 0.464. The number of phenols is 1. The van der Waals surface area contributed by atoms with Crippen LogP contribution in [0.2, 0.25) is 0 Å². The molecule has 0 saturated heterocycles. The van der Waals surface area contributed by atoms with Crippen LogP contribution in [0.4, 0.5) is 0 Å². The summed E-state index contributed by atoms with van der Waals surface area (Å²) in [6.07, 6.45) is 0. The molecule has 0 amide bonds. The van der Waals surface area contributed by atoms with E-state index in [4.69, 9.17) is 0 Å². The molecule has 0 aliphatic heterocycles. The standard InChI is InChI=1S/C14H17NOS/c1-10-7-13(17-11(10)2)9-15-8-12-5-3-4-6-14(12)16/h3-7,15-16H,8-9H2,1-2H3. The number of para-hydroxylation sites is 1. The first-order chi connectivity index (χ1) is 8.16. The largest absolute Gasteiger partial charge is 0.508 e. The lowest BCUT2D eigenvalue weighted by Crippen LogP contribution is -2.11. The van der Waals surface area contributed by atoms with Crippen LogP contribution < -0.4 is 5.32 Å². The molecule has 2 aromatic rings. The van der Waals surface area contributed by atoms with E-state index in [-0.39, 0.29) is 0 Å². The highest BCUT2D eigenvalue weighted by molar-refractivity contribution is 7.12. The zero-order valence-corrected chi connectivity index (χ0v) is 11.0. The molecule has 0 atom stereocenters. The predicted octanol–water partition coefficient (Wildman–Crippen LogP) is 3.36. The van der Waals surface area contributed by atoms with Gasteiger partial charge in [-0.2, -0.15) is 0 Å². The van der Waals surface area contributed by atoms with Crippen molar-refractivity contribution >= 4 is 11.3 Å². The third-order valence-electron chi connectivity index (χ3n) is 2.82. The van der Waals surface area contributed by atoms with E-state index < -0.39 is 0 Å². The van der Waals surface area contributed by atoms with Crippen molar-refractivity contribution in [2.24, 2.45) is 0 Å². The highest BCUT2D eigenvalue weighted by Crippen LogP contribution is 2.21. The number of hydrogen-bond acceptors (Lipinski definition) is 3. The Morgan fingerprint density at radius 1 is 1.18 bits per heavy atom. The molecule has 2 N–H and O–H groups in total. The molecule has 3 heteroatoms. The fraction of sp³-hybridized carbons (Fsp3) is 0.286. The van der Waals surface area contributed by atoms with E-state index in [1.54, 1.807) is 6.07 Å². The summed E-state index contributed by atoms with van der Waals surface area (Å²) in [5.74, 6) is 0.360. The topological polar surface area (TPSA) is 32.3 Å². The minimum atomic E-state index is 0.360. The Balaban J connectivity index is 1.90. The lowest BCUT2D eigenvalue weighted by atomic mass is 10.2. The molecule has 0 aliphatic carbocycles. The number of nitrogens with one attached hydrogen (secondary N) is 1. The van der Waals surface area contributed by atoms with Gasteiger partial charge in [0.25, 0.3) is 0 Å². The molecule has 0 radical (unpaired) electrons. The van der Waals surface area contributed by atoms with Crippen molar-refractivity contribution in [1.82, 2.24) is 5.32 Å². The van der Waals surface area contributed by atoms with Crippen LogP contribution >= 0.6 is 11.3 Å². The molecule has 90 valence electrons. The molecule has 0 unspecified atom stereocenters. The van der Waals surface area contributed by atoms with Crippen molar-refractivity contribution in [3.63, 3.8) is 0 Å². The van der Waals surface area contributed by atoms with Crippen LogP contribution in [0.1, 0.15) is 20.9 Å². The van der Waals surface area contributed by atoms with Gasteiger partial charge in [0, 0.05) is 28.4 Å². The summed E-state index contributed by atoms with van der Waals surface area (Å²) in [6, 6.07) is 9.66. The summed E-state index contributed by atoms with van der Waals surface area (Å²) >= 11 is 1.83. The minimum Gasteiger partial charge on any atom is -0.508 e. The maximum absolute atomic E-state index is 9.62. The number of aromatic hydroxyl groups is 1. The Labute approximate surface area is 106 Å². The number of phenolic OH excluding ortho intramolecular Hbond substituents is 1. The summed E-state index contributed by atoms with van der Waals surface area (Å²) in [7, 11) is 0. The zero-order chi connectivity index (χ0) is 12.3.